The van der Waals surface area contributed by atoms with Crippen molar-refractivity contribution < 1.29 is 14.7 Å². The van der Waals surface area contributed by atoms with Crippen molar-refractivity contribution in [2.75, 3.05) is 6.54 Å². The van der Waals surface area contributed by atoms with E-state index in [9.17, 15) is 9.59 Å². The van der Waals surface area contributed by atoms with E-state index in [4.69, 9.17) is 5.11 Å². The van der Waals surface area contributed by atoms with E-state index in [1.165, 1.54) is 4.90 Å². The second kappa shape index (κ2) is 4.12. The van der Waals surface area contributed by atoms with Gasteiger partial charge in [-0.05, 0) is 12.3 Å². The Kier molecular flexibility index (Phi) is 3.00. The molecule has 1 saturated heterocycles. The standard InChI is InChI=1S/C10H14BrNO3/c11-7-4-9(13)12(5-7)8(10(14)15)3-6-1-2-6/h6-8H,1-5H2,(H,14,15). The van der Waals surface area contributed by atoms with Crippen LogP contribution in [0.1, 0.15) is 25.7 Å². The van der Waals surface area contributed by atoms with Crippen molar-refractivity contribution in [1.29, 1.82) is 0 Å². The molecule has 0 aromatic rings. The molecule has 2 rings (SSSR count). The SMILES string of the molecule is O=C(O)C(CC1CC1)N1CC(Br)CC1=O. The van der Waals surface area contributed by atoms with Gasteiger partial charge in [0.1, 0.15) is 6.04 Å². The van der Waals surface area contributed by atoms with Crippen LogP contribution in [0.15, 0.2) is 0 Å². The smallest absolute Gasteiger partial charge is 0.326 e. The van der Waals surface area contributed by atoms with Gasteiger partial charge in [0.25, 0.3) is 0 Å². The van der Waals surface area contributed by atoms with E-state index in [1.807, 2.05) is 0 Å². The van der Waals surface area contributed by atoms with Crippen molar-refractivity contribution >= 4 is 27.8 Å². The molecule has 15 heavy (non-hydrogen) atoms. The largest absolute Gasteiger partial charge is 0.480 e. The first kappa shape index (κ1) is 10.9. The lowest BCUT2D eigenvalue weighted by Gasteiger charge is -2.24. The average Bonchev–Trinajstić information content (AvgIpc) is 2.88. The van der Waals surface area contributed by atoms with E-state index in [0.29, 0.717) is 25.3 Å². The van der Waals surface area contributed by atoms with E-state index in [0.717, 1.165) is 12.8 Å². The lowest BCUT2D eigenvalue weighted by molar-refractivity contribution is -0.148. The average molecular weight is 276 g/mol. The van der Waals surface area contributed by atoms with Gasteiger partial charge in [0.15, 0.2) is 0 Å². The molecule has 84 valence electrons. The van der Waals surface area contributed by atoms with E-state index in [1.54, 1.807) is 0 Å². The number of alkyl halides is 1. The minimum Gasteiger partial charge on any atom is -0.480 e. The highest BCUT2D eigenvalue weighted by Gasteiger charge is 2.39. The third kappa shape index (κ3) is 2.51. The van der Waals surface area contributed by atoms with Crippen LogP contribution in [0.25, 0.3) is 0 Å². The maximum Gasteiger partial charge on any atom is 0.326 e. The first-order chi connectivity index (χ1) is 7.08. The molecule has 0 bridgehead atoms. The minimum atomic E-state index is -0.864. The fourth-order valence-corrected chi connectivity index (χ4v) is 2.61. The number of carbonyl (C=O) groups is 2. The number of nitrogens with zero attached hydrogens (tertiary/aromatic N) is 1. The van der Waals surface area contributed by atoms with Crippen LogP contribution in [-0.4, -0.2) is 39.3 Å². The summed E-state index contributed by atoms with van der Waals surface area (Å²) in [5.74, 6) is -0.380. The number of carboxylic acid groups (broad SMARTS) is 1. The molecule has 0 aromatic heterocycles. The highest BCUT2D eigenvalue weighted by Crippen LogP contribution is 2.36. The first-order valence-electron chi connectivity index (χ1n) is 5.24. The summed E-state index contributed by atoms with van der Waals surface area (Å²) in [5, 5.41) is 9.11. The van der Waals surface area contributed by atoms with Crippen LogP contribution < -0.4 is 0 Å². The molecule has 0 radical (unpaired) electrons. The van der Waals surface area contributed by atoms with E-state index < -0.39 is 12.0 Å². The molecular weight excluding hydrogens is 262 g/mol. The number of halogens is 1. The quantitative estimate of drug-likeness (QED) is 0.786. The summed E-state index contributed by atoms with van der Waals surface area (Å²) >= 11 is 3.36. The van der Waals surface area contributed by atoms with E-state index in [-0.39, 0.29) is 10.7 Å². The van der Waals surface area contributed by atoms with Crippen molar-refractivity contribution in [2.24, 2.45) is 5.92 Å². The fourth-order valence-electron chi connectivity index (χ4n) is 2.02. The van der Waals surface area contributed by atoms with E-state index >= 15 is 0 Å². The van der Waals surface area contributed by atoms with Crippen molar-refractivity contribution in [3.63, 3.8) is 0 Å². The van der Waals surface area contributed by atoms with Gasteiger partial charge in [-0.2, -0.15) is 0 Å². The molecule has 1 aliphatic carbocycles. The summed E-state index contributed by atoms with van der Waals surface area (Å²) in [6, 6.07) is -0.604. The van der Waals surface area contributed by atoms with Crippen LogP contribution in [0.5, 0.6) is 0 Å². The topological polar surface area (TPSA) is 57.6 Å². The molecule has 1 N–H and O–H groups in total. The molecular formula is C10H14BrNO3. The van der Waals surface area contributed by atoms with Gasteiger partial charge in [-0.1, -0.05) is 28.8 Å². The summed E-state index contributed by atoms with van der Waals surface area (Å²) in [5.41, 5.74) is 0. The Hall–Kier alpha value is -0.580. The van der Waals surface area contributed by atoms with Gasteiger partial charge in [0.2, 0.25) is 5.91 Å². The van der Waals surface area contributed by atoms with Crippen LogP contribution >= 0.6 is 15.9 Å². The molecule has 1 amide bonds. The summed E-state index contributed by atoms with van der Waals surface area (Å²) < 4.78 is 0. The molecule has 2 fully saturated rings. The third-order valence-electron chi connectivity index (χ3n) is 3.03. The summed E-state index contributed by atoms with van der Waals surface area (Å²) in [4.78, 5) is 24.3. The molecule has 0 aromatic carbocycles. The number of carbonyl (C=O) groups excluding carboxylic acids is 1. The van der Waals surface area contributed by atoms with Crippen LogP contribution in [0.2, 0.25) is 0 Å². The zero-order chi connectivity index (χ0) is 11.0. The molecule has 1 saturated carbocycles. The number of carboxylic acids is 1. The Balaban J connectivity index is 2.02. The molecule has 4 nitrogen and oxygen atoms in total. The summed E-state index contributed by atoms with van der Waals surface area (Å²) in [6.07, 6.45) is 3.28. The zero-order valence-electron chi connectivity index (χ0n) is 8.36. The van der Waals surface area contributed by atoms with Gasteiger partial charge in [-0.25, -0.2) is 4.79 Å². The zero-order valence-corrected chi connectivity index (χ0v) is 9.94. The van der Waals surface area contributed by atoms with E-state index in [2.05, 4.69) is 15.9 Å². The third-order valence-corrected chi connectivity index (χ3v) is 3.64. The lowest BCUT2D eigenvalue weighted by Crippen LogP contribution is -2.42. The van der Waals surface area contributed by atoms with Gasteiger partial charge in [0, 0.05) is 17.8 Å². The molecule has 1 heterocycles. The van der Waals surface area contributed by atoms with Crippen molar-refractivity contribution in [2.45, 2.75) is 36.6 Å². The molecule has 2 atom stereocenters. The Morgan fingerprint density at radius 3 is 2.67 bits per heavy atom. The van der Waals surface area contributed by atoms with Crippen molar-refractivity contribution in [3.05, 3.63) is 0 Å². The first-order valence-corrected chi connectivity index (χ1v) is 6.16. The molecule has 1 aliphatic heterocycles. The highest BCUT2D eigenvalue weighted by atomic mass is 79.9. The van der Waals surface area contributed by atoms with Crippen molar-refractivity contribution in [3.8, 4) is 0 Å². The van der Waals surface area contributed by atoms with Crippen LogP contribution in [-0.2, 0) is 9.59 Å². The second-order valence-corrected chi connectivity index (χ2v) is 5.68. The Morgan fingerprint density at radius 2 is 2.27 bits per heavy atom. The monoisotopic (exact) mass is 275 g/mol. The summed E-state index contributed by atoms with van der Waals surface area (Å²) in [7, 11) is 0. The number of amides is 1. The maximum atomic E-state index is 11.6. The van der Waals surface area contributed by atoms with Gasteiger partial charge < -0.3 is 10.0 Å². The van der Waals surface area contributed by atoms with Gasteiger partial charge >= 0.3 is 5.97 Å². The highest BCUT2D eigenvalue weighted by molar-refractivity contribution is 9.09. The predicted octanol–water partition coefficient (Wildman–Crippen LogP) is 1.24. The minimum absolute atomic E-state index is 0.0371. The number of hydrogen-bond donors (Lipinski definition) is 1. The molecule has 2 aliphatic rings. The number of rotatable bonds is 4. The Labute approximate surface area is 96.8 Å². The van der Waals surface area contributed by atoms with Gasteiger partial charge in [0.05, 0.1) is 0 Å². The van der Waals surface area contributed by atoms with Crippen molar-refractivity contribution in [1.82, 2.24) is 4.90 Å². The van der Waals surface area contributed by atoms with Gasteiger partial charge in [-0.15, -0.1) is 0 Å². The normalized spacial score (nSPS) is 28.2. The maximum absolute atomic E-state index is 11.6. The molecule has 0 spiro atoms. The Bertz CT molecular complexity index is 290. The fraction of sp³-hybridized carbons (Fsp3) is 0.800. The summed E-state index contributed by atoms with van der Waals surface area (Å²) in [6.45, 7) is 0.530. The number of hydrogen-bond acceptors (Lipinski definition) is 2. The number of likely N-dealkylation sites (tertiary alicyclic amines) is 1. The van der Waals surface area contributed by atoms with Gasteiger partial charge in [-0.3, -0.25) is 4.79 Å². The van der Waals surface area contributed by atoms with Crippen LogP contribution in [0.3, 0.4) is 0 Å². The second-order valence-electron chi connectivity index (χ2n) is 4.38. The molecule has 5 heteroatoms. The number of aliphatic carboxylic acids is 1. The van der Waals surface area contributed by atoms with Crippen LogP contribution in [0.4, 0.5) is 0 Å². The molecule has 2 unspecified atom stereocenters. The predicted molar refractivity (Wildman–Crippen MR) is 57.8 cm³/mol. The Morgan fingerprint density at radius 1 is 1.60 bits per heavy atom. The lowest BCUT2D eigenvalue weighted by atomic mass is 10.1. The van der Waals surface area contributed by atoms with Crippen LogP contribution in [0, 0.1) is 5.92 Å².